The summed E-state index contributed by atoms with van der Waals surface area (Å²) in [5, 5.41) is 10.6. The predicted molar refractivity (Wildman–Crippen MR) is 187 cm³/mol. The molecule has 0 radical (unpaired) electrons. The SMILES string of the molecule is Cc1cc(C)c(-c2cc(-c3cc(C(C)(C)C)ccn3)cc(-c3cc(C(C)(C)C)cc4oc(-c5ccccc5O)nc34)c2)c(C)c1. The van der Waals surface area contributed by atoms with Gasteiger partial charge in [-0.1, -0.05) is 71.4 Å². The fourth-order valence-electron chi connectivity index (χ4n) is 6.22. The molecular weight excluding hydrogens is 552 g/mol. The van der Waals surface area contributed by atoms with Gasteiger partial charge < -0.3 is 9.52 Å². The summed E-state index contributed by atoms with van der Waals surface area (Å²) >= 11 is 0. The van der Waals surface area contributed by atoms with Gasteiger partial charge in [-0.25, -0.2) is 4.98 Å². The van der Waals surface area contributed by atoms with E-state index in [4.69, 9.17) is 14.4 Å². The van der Waals surface area contributed by atoms with Gasteiger partial charge in [-0.05, 0) is 125 Å². The summed E-state index contributed by atoms with van der Waals surface area (Å²) in [6, 6.07) is 27.1. The molecule has 0 spiro atoms. The minimum Gasteiger partial charge on any atom is -0.507 e. The van der Waals surface area contributed by atoms with Crippen LogP contribution < -0.4 is 0 Å². The van der Waals surface area contributed by atoms with E-state index in [0.29, 0.717) is 17.0 Å². The van der Waals surface area contributed by atoms with Crippen molar-refractivity contribution in [2.24, 2.45) is 0 Å². The molecule has 2 heterocycles. The number of pyridine rings is 1. The first-order valence-electron chi connectivity index (χ1n) is 15.6. The standard InChI is InChI=1S/C41H42N2O2/c1-24-16-25(2)37(26(3)17-24)29-19-27(18-28(20-29)34-22-30(14-15-42-34)40(4,5)6)33-21-31(41(7,8)9)23-36-38(33)43-39(45-36)32-12-10-11-13-35(32)44/h10-23,44H,1-9H3. The van der Waals surface area contributed by atoms with E-state index in [9.17, 15) is 5.11 Å². The average Bonchev–Trinajstić information content (AvgIpc) is 3.39. The lowest BCUT2D eigenvalue weighted by Crippen LogP contribution is -2.11. The van der Waals surface area contributed by atoms with Crippen molar-refractivity contribution in [3.63, 3.8) is 0 Å². The van der Waals surface area contributed by atoms with Gasteiger partial charge in [0.05, 0.1) is 11.3 Å². The maximum Gasteiger partial charge on any atom is 0.231 e. The minimum absolute atomic E-state index is 0.00439. The quantitative estimate of drug-likeness (QED) is 0.221. The molecule has 4 nitrogen and oxygen atoms in total. The third-order valence-electron chi connectivity index (χ3n) is 8.63. The molecule has 0 saturated carbocycles. The van der Waals surface area contributed by atoms with Crippen molar-refractivity contribution < 1.29 is 9.52 Å². The Hall–Kier alpha value is -4.70. The second-order valence-corrected chi connectivity index (χ2v) is 14.4. The van der Waals surface area contributed by atoms with Crippen LogP contribution in [0.4, 0.5) is 0 Å². The van der Waals surface area contributed by atoms with Crippen molar-refractivity contribution in [3.05, 3.63) is 113 Å². The fourth-order valence-corrected chi connectivity index (χ4v) is 6.22. The Morgan fingerprint density at radius 1 is 0.644 bits per heavy atom. The molecule has 4 heteroatoms. The van der Waals surface area contributed by atoms with Crippen molar-refractivity contribution >= 4 is 11.1 Å². The largest absolute Gasteiger partial charge is 0.507 e. The van der Waals surface area contributed by atoms with Crippen LogP contribution in [0, 0.1) is 20.8 Å². The monoisotopic (exact) mass is 594 g/mol. The molecular formula is C41H42N2O2. The Morgan fingerprint density at radius 2 is 1.29 bits per heavy atom. The zero-order valence-corrected chi connectivity index (χ0v) is 27.8. The number of hydrogen-bond donors (Lipinski definition) is 1. The van der Waals surface area contributed by atoms with Crippen LogP contribution in [0.1, 0.15) is 69.4 Å². The summed E-state index contributed by atoms with van der Waals surface area (Å²) in [5.74, 6) is 0.539. The van der Waals surface area contributed by atoms with Crippen LogP contribution in [-0.2, 0) is 10.8 Å². The predicted octanol–water partition coefficient (Wildman–Crippen LogP) is 11.1. The number of hydrogen-bond acceptors (Lipinski definition) is 4. The van der Waals surface area contributed by atoms with Crippen LogP contribution in [-0.4, -0.2) is 15.1 Å². The Morgan fingerprint density at radius 3 is 1.96 bits per heavy atom. The Labute approximate surface area is 266 Å². The van der Waals surface area contributed by atoms with Gasteiger partial charge in [-0.3, -0.25) is 4.98 Å². The summed E-state index contributed by atoms with van der Waals surface area (Å²) in [6.07, 6.45) is 1.92. The third-order valence-corrected chi connectivity index (χ3v) is 8.63. The summed E-state index contributed by atoms with van der Waals surface area (Å²) in [5.41, 5.74) is 14.4. The number of aromatic hydroxyl groups is 1. The number of rotatable bonds is 4. The molecule has 0 aliphatic heterocycles. The summed E-state index contributed by atoms with van der Waals surface area (Å²) in [7, 11) is 0. The maximum absolute atomic E-state index is 10.6. The molecule has 1 N–H and O–H groups in total. The summed E-state index contributed by atoms with van der Waals surface area (Å²) < 4.78 is 6.38. The van der Waals surface area contributed by atoms with Crippen molar-refractivity contribution in [1.82, 2.24) is 9.97 Å². The lowest BCUT2D eigenvalue weighted by molar-refractivity contribution is 0.474. The Bertz CT molecular complexity index is 2050. The third kappa shape index (κ3) is 5.90. The zero-order chi connectivity index (χ0) is 32.3. The van der Waals surface area contributed by atoms with Crippen LogP contribution in [0.3, 0.4) is 0 Å². The van der Waals surface area contributed by atoms with Crippen LogP contribution in [0.5, 0.6) is 5.75 Å². The topological polar surface area (TPSA) is 59.2 Å². The molecule has 0 aliphatic rings. The molecule has 6 rings (SSSR count). The Kier molecular flexibility index (Phi) is 7.43. The number of fused-ring (bicyclic) bond motifs is 1. The summed E-state index contributed by atoms with van der Waals surface area (Å²) in [4.78, 5) is 9.86. The molecule has 2 aromatic heterocycles. The van der Waals surface area contributed by atoms with E-state index in [-0.39, 0.29) is 16.6 Å². The van der Waals surface area contributed by atoms with E-state index < -0.39 is 0 Å². The highest BCUT2D eigenvalue weighted by molar-refractivity contribution is 5.95. The average molecular weight is 595 g/mol. The first-order valence-corrected chi connectivity index (χ1v) is 15.6. The van der Waals surface area contributed by atoms with Crippen LogP contribution in [0.2, 0.25) is 0 Å². The molecule has 228 valence electrons. The van der Waals surface area contributed by atoms with Crippen molar-refractivity contribution in [3.8, 4) is 50.7 Å². The number of phenols is 1. The molecule has 0 unspecified atom stereocenters. The van der Waals surface area contributed by atoms with Crippen molar-refractivity contribution in [2.75, 3.05) is 0 Å². The van der Waals surface area contributed by atoms with Crippen LogP contribution in [0.15, 0.2) is 89.5 Å². The van der Waals surface area contributed by atoms with E-state index in [1.54, 1.807) is 12.1 Å². The number of benzene rings is 4. The highest BCUT2D eigenvalue weighted by Gasteiger charge is 2.23. The highest BCUT2D eigenvalue weighted by atomic mass is 16.3. The zero-order valence-electron chi connectivity index (χ0n) is 27.8. The van der Waals surface area contributed by atoms with Crippen molar-refractivity contribution in [1.29, 1.82) is 0 Å². The van der Waals surface area contributed by atoms with Gasteiger partial charge in [-0.2, -0.15) is 0 Å². The number of aromatic nitrogens is 2. The lowest BCUT2D eigenvalue weighted by Gasteiger charge is -2.21. The minimum atomic E-state index is -0.127. The second-order valence-electron chi connectivity index (χ2n) is 14.4. The smallest absolute Gasteiger partial charge is 0.231 e. The molecule has 45 heavy (non-hydrogen) atoms. The van der Waals surface area contributed by atoms with E-state index in [1.165, 1.54) is 27.8 Å². The van der Waals surface area contributed by atoms with Crippen molar-refractivity contribution in [2.45, 2.75) is 73.1 Å². The number of phenolic OH excluding ortho intramolecular Hbond substituents is 1. The van der Waals surface area contributed by atoms with E-state index in [0.717, 1.165) is 39.0 Å². The van der Waals surface area contributed by atoms with Gasteiger partial charge in [0, 0.05) is 17.3 Å². The Balaban J connectivity index is 1.67. The van der Waals surface area contributed by atoms with Crippen LogP contribution in [0.25, 0.3) is 56.1 Å². The van der Waals surface area contributed by atoms with E-state index in [2.05, 4.69) is 117 Å². The number of aryl methyl sites for hydroxylation is 3. The molecule has 6 aromatic rings. The number of para-hydroxylation sites is 1. The molecule has 0 amide bonds. The fraction of sp³-hybridized carbons (Fsp3) is 0.268. The van der Waals surface area contributed by atoms with Gasteiger partial charge in [0.25, 0.3) is 0 Å². The van der Waals surface area contributed by atoms with E-state index in [1.807, 2.05) is 18.3 Å². The molecule has 0 atom stereocenters. The molecule has 4 aromatic carbocycles. The van der Waals surface area contributed by atoms with Gasteiger partial charge in [0.2, 0.25) is 5.89 Å². The maximum atomic E-state index is 10.6. The molecule has 0 fully saturated rings. The van der Waals surface area contributed by atoms with Gasteiger partial charge in [0.15, 0.2) is 5.58 Å². The highest BCUT2D eigenvalue weighted by Crippen LogP contribution is 2.42. The summed E-state index contributed by atoms with van der Waals surface area (Å²) in [6.45, 7) is 19.8. The second kappa shape index (κ2) is 11.0. The first kappa shape index (κ1) is 30.3. The van der Waals surface area contributed by atoms with E-state index >= 15 is 0 Å². The first-order chi connectivity index (χ1) is 21.2. The number of nitrogens with zero attached hydrogens (tertiary/aromatic N) is 2. The number of oxazole rings is 1. The molecule has 0 bridgehead atoms. The normalized spacial score (nSPS) is 12.2. The van der Waals surface area contributed by atoms with Gasteiger partial charge in [-0.15, -0.1) is 0 Å². The molecule has 0 aliphatic carbocycles. The van der Waals surface area contributed by atoms with Crippen LogP contribution >= 0.6 is 0 Å². The van der Waals surface area contributed by atoms with Gasteiger partial charge >= 0.3 is 0 Å². The van der Waals surface area contributed by atoms with Gasteiger partial charge in [0.1, 0.15) is 11.3 Å². The molecule has 0 saturated heterocycles. The lowest BCUT2D eigenvalue weighted by atomic mass is 9.83.